The van der Waals surface area contributed by atoms with Crippen LogP contribution in [0.25, 0.3) is 11.0 Å². The summed E-state index contributed by atoms with van der Waals surface area (Å²) in [6.07, 6.45) is 1.65. The minimum absolute atomic E-state index is 0.0670. The maximum absolute atomic E-state index is 12.9. The molecule has 2 N–H and O–H groups in total. The number of carbonyl (C=O) groups excluding carboxylic acids is 3. The van der Waals surface area contributed by atoms with E-state index in [1.54, 1.807) is 49.0 Å². The number of hydrogen-bond acceptors (Lipinski definition) is 5. The van der Waals surface area contributed by atoms with Crippen molar-refractivity contribution in [2.45, 2.75) is 32.8 Å². The van der Waals surface area contributed by atoms with Crippen LogP contribution < -0.4 is 5.32 Å². The predicted octanol–water partition coefficient (Wildman–Crippen LogP) is 1.76. The van der Waals surface area contributed by atoms with Gasteiger partial charge in [0.05, 0.1) is 17.4 Å². The Balaban J connectivity index is 1.53. The van der Waals surface area contributed by atoms with E-state index in [2.05, 4.69) is 15.3 Å². The van der Waals surface area contributed by atoms with Crippen molar-refractivity contribution in [1.82, 2.24) is 25.1 Å². The Morgan fingerprint density at radius 2 is 1.86 bits per heavy atom. The van der Waals surface area contributed by atoms with Crippen LogP contribution in [-0.4, -0.2) is 76.0 Å². The molecule has 9 heteroatoms. The number of hydrogen-bond donors (Lipinski definition) is 2. The van der Waals surface area contributed by atoms with Gasteiger partial charge in [0.2, 0.25) is 5.91 Å². The predicted molar refractivity (Wildman–Crippen MR) is 107 cm³/mol. The van der Waals surface area contributed by atoms with Gasteiger partial charge in [-0.15, -0.1) is 0 Å². The van der Waals surface area contributed by atoms with Crippen molar-refractivity contribution >= 4 is 28.9 Å². The van der Waals surface area contributed by atoms with Crippen molar-refractivity contribution in [1.29, 1.82) is 0 Å². The van der Waals surface area contributed by atoms with Gasteiger partial charge in [-0.2, -0.15) is 0 Å². The van der Waals surface area contributed by atoms with Gasteiger partial charge in [0.25, 0.3) is 5.91 Å². The molecule has 1 fully saturated rings. The van der Waals surface area contributed by atoms with Crippen LogP contribution in [0.3, 0.4) is 0 Å². The molecular weight excluding hydrogens is 374 g/mol. The Morgan fingerprint density at radius 3 is 2.62 bits per heavy atom. The summed E-state index contributed by atoms with van der Waals surface area (Å²) in [4.78, 5) is 47.6. The van der Waals surface area contributed by atoms with Crippen LogP contribution in [0.5, 0.6) is 0 Å². The second-order valence-corrected chi connectivity index (χ2v) is 8.02. The fraction of sp³-hybridized carbons (Fsp3) is 0.500. The largest absolute Gasteiger partial charge is 0.444 e. The monoisotopic (exact) mass is 401 g/mol. The molecule has 1 aromatic carbocycles. The average Bonchev–Trinajstić information content (AvgIpc) is 2.98. The van der Waals surface area contributed by atoms with Crippen molar-refractivity contribution in [2.75, 3.05) is 32.7 Å². The molecule has 3 rings (SSSR count). The normalized spacial score (nSPS) is 15.1. The fourth-order valence-corrected chi connectivity index (χ4v) is 3.19. The maximum Gasteiger partial charge on any atom is 0.408 e. The number of aromatic amines is 1. The molecule has 1 saturated heterocycles. The summed E-state index contributed by atoms with van der Waals surface area (Å²) in [5.41, 5.74) is 1.60. The number of aromatic nitrogens is 2. The number of imidazole rings is 1. The molecule has 1 aliphatic heterocycles. The fourth-order valence-electron chi connectivity index (χ4n) is 3.19. The molecule has 9 nitrogen and oxygen atoms in total. The molecule has 3 amide bonds. The molecule has 0 unspecified atom stereocenters. The number of nitrogens with zero attached hydrogens (tertiary/aromatic N) is 3. The highest BCUT2D eigenvalue weighted by atomic mass is 16.6. The van der Waals surface area contributed by atoms with Gasteiger partial charge >= 0.3 is 6.09 Å². The summed E-state index contributed by atoms with van der Waals surface area (Å²) in [5.74, 6) is -0.258. The van der Waals surface area contributed by atoms with E-state index < -0.39 is 11.7 Å². The van der Waals surface area contributed by atoms with Crippen molar-refractivity contribution in [2.24, 2.45) is 0 Å². The zero-order valence-electron chi connectivity index (χ0n) is 17.0. The molecule has 0 spiro atoms. The SMILES string of the molecule is CC(C)(C)OC(=O)NCC(=O)N1CCCN(C(=O)c2ccc3nc[nH]c3c2)CC1. The molecular formula is C20H27N5O4. The molecule has 0 radical (unpaired) electrons. The number of alkyl carbamates (subject to hydrolysis) is 1. The van der Waals surface area contributed by atoms with Crippen molar-refractivity contribution in [3.05, 3.63) is 30.1 Å². The van der Waals surface area contributed by atoms with Crippen LogP contribution in [0, 0.1) is 0 Å². The van der Waals surface area contributed by atoms with E-state index in [1.807, 2.05) is 6.07 Å². The van der Waals surface area contributed by atoms with E-state index in [-0.39, 0.29) is 18.4 Å². The lowest BCUT2D eigenvalue weighted by Gasteiger charge is -2.23. The van der Waals surface area contributed by atoms with Crippen LogP contribution >= 0.6 is 0 Å². The van der Waals surface area contributed by atoms with Crippen LogP contribution in [0.1, 0.15) is 37.6 Å². The third kappa shape index (κ3) is 5.46. The smallest absolute Gasteiger partial charge is 0.408 e. The summed E-state index contributed by atoms with van der Waals surface area (Å²) in [6, 6.07) is 5.38. The first-order chi connectivity index (χ1) is 13.7. The molecule has 1 aromatic heterocycles. The van der Waals surface area contributed by atoms with Crippen LogP contribution in [0.15, 0.2) is 24.5 Å². The highest BCUT2D eigenvalue weighted by molar-refractivity contribution is 5.97. The van der Waals surface area contributed by atoms with E-state index in [0.717, 1.165) is 11.0 Å². The molecule has 29 heavy (non-hydrogen) atoms. The third-order valence-corrected chi connectivity index (χ3v) is 4.59. The number of benzene rings is 1. The lowest BCUT2D eigenvalue weighted by Crippen LogP contribution is -2.43. The Hall–Kier alpha value is -3.10. The number of ether oxygens (including phenoxy) is 1. The molecule has 2 heterocycles. The molecule has 1 aliphatic rings. The Morgan fingerprint density at radius 1 is 1.14 bits per heavy atom. The summed E-state index contributed by atoms with van der Waals surface area (Å²) < 4.78 is 5.14. The van der Waals surface area contributed by atoms with Gasteiger partial charge in [0, 0.05) is 31.7 Å². The second kappa shape index (κ2) is 8.50. The molecule has 0 bridgehead atoms. The highest BCUT2D eigenvalue weighted by Gasteiger charge is 2.24. The van der Waals surface area contributed by atoms with E-state index >= 15 is 0 Å². The molecule has 0 aliphatic carbocycles. The van der Waals surface area contributed by atoms with Gasteiger partial charge in [-0.05, 0) is 45.4 Å². The van der Waals surface area contributed by atoms with E-state index in [9.17, 15) is 14.4 Å². The van der Waals surface area contributed by atoms with Gasteiger partial charge in [-0.25, -0.2) is 9.78 Å². The zero-order valence-corrected chi connectivity index (χ0v) is 17.0. The minimum Gasteiger partial charge on any atom is -0.444 e. The molecule has 156 valence electrons. The van der Waals surface area contributed by atoms with Crippen molar-refractivity contribution in [3.8, 4) is 0 Å². The molecule has 0 atom stereocenters. The Bertz CT molecular complexity index is 902. The molecule has 0 saturated carbocycles. The number of carbonyl (C=O) groups is 3. The number of fused-ring (bicyclic) bond motifs is 1. The molecule has 2 aromatic rings. The average molecular weight is 401 g/mol. The standard InChI is InChI=1S/C20H27N5O4/c1-20(2,3)29-19(28)21-12-17(26)24-7-4-8-25(10-9-24)18(27)14-5-6-15-16(11-14)23-13-22-15/h5-6,11,13H,4,7-10,12H2,1-3H3,(H,21,28)(H,22,23). The van der Waals surface area contributed by atoms with Crippen LogP contribution in [-0.2, 0) is 9.53 Å². The highest BCUT2D eigenvalue weighted by Crippen LogP contribution is 2.15. The van der Waals surface area contributed by atoms with Gasteiger partial charge in [-0.1, -0.05) is 0 Å². The topological polar surface area (TPSA) is 108 Å². The van der Waals surface area contributed by atoms with E-state index in [0.29, 0.717) is 38.2 Å². The van der Waals surface area contributed by atoms with E-state index in [1.165, 1.54) is 0 Å². The number of nitrogens with one attached hydrogen (secondary N) is 2. The van der Waals surface area contributed by atoms with E-state index in [4.69, 9.17) is 4.74 Å². The number of H-pyrrole nitrogens is 1. The first-order valence-electron chi connectivity index (χ1n) is 9.70. The van der Waals surface area contributed by atoms with Crippen molar-refractivity contribution < 1.29 is 19.1 Å². The lowest BCUT2D eigenvalue weighted by atomic mass is 10.1. The summed E-state index contributed by atoms with van der Waals surface area (Å²) in [6.45, 7) is 7.14. The second-order valence-electron chi connectivity index (χ2n) is 8.02. The number of amides is 3. The zero-order chi connectivity index (χ0) is 21.0. The number of rotatable bonds is 3. The minimum atomic E-state index is -0.619. The third-order valence-electron chi connectivity index (χ3n) is 4.59. The van der Waals surface area contributed by atoms with Crippen molar-refractivity contribution in [3.63, 3.8) is 0 Å². The quantitative estimate of drug-likeness (QED) is 0.815. The lowest BCUT2D eigenvalue weighted by molar-refractivity contribution is -0.130. The summed E-state index contributed by atoms with van der Waals surface area (Å²) in [5, 5.41) is 2.49. The van der Waals surface area contributed by atoms with Gasteiger partial charge < -0.3 is 24.8 Å². The first kappa shape index (κ1) is 20.6. The summed E-state index contributed by atoms with van der Waals surface area (Å²) in [7, 11) is 0. The Kier molecular flexibility index (Phi) is 6.05. The van der Waals surface area contributed by atoms with Crippen LogP contribution in [0.2, 0.25) is 0 Å². The van der Waals surface area contributed by atoms with Gasteiger partial charge in [-0.3, -0.25) is 9.59 Å². The first-order valence-corrected chi connectivity index (χ1v) is 9.70. The maximum atomic E-state index is 12.9. The summed E-state index contributed by atoms with van der Waals surface area (Å²) >= 11 is 0. The van der Waals surface area contributed by atoms with Gasteiger partial charge in [0.15, 0.2) is 0 Å². The van der Waals surface area contributed by atoms with Gasteiger partial charge in [0.1, 0.15) is 12.1 Å². The Labute approximate surface area is 169 Å². The van der Waals surface area contributed by atoms with Crippen LogP contribution in [0.4, 0.5) is 4.79 Å².